The Kier molecular flexibility index (Phi) is 2.60. The number of carbonyl (C=O) groups excluding carboxylic acids is 1. The second-order valence-electron chi connectivity index (χ2n) is 2.72. The molecular weight excluding hydrogens is 148 g/mol. The molecule has 3 heteroatoms. The second-order valence-corrected chi connectivity index (χ2v) is 3.09. The van der Waals surface area contributed by atoms with Crippen LogP contribution in [-0.4, -0.2) is 17.8 Å². The third kappa shape index (κ3) is 2.21. The van der Waals surface area contributed by atoms with Crippen LogP contribution in [0.25, 0.3) is 0 Å². The summed E-state index contributed by atoms with van der Waals surface area (Å²) in [5.74, 6) is 0.424. The summed E-state index contributed by atoms with van der Waals surface area (Å²) in [6.45, 7) is 1.83. The maximum Gasteiger partial charge on any atom is 0.309 e. The predicted octanol–water partition coefficient (Wildman–Crippen LogP) is 1.26. The van der Waals surface area contributed by atoms with Crippen molar-refractivity contribution in [3.63, 3.8) is 0 Å². The average Bonchev–Trinajstić information content (AvgIpc) is 2.70. The molecule has 0 amide bonds. The fourth-order valence-electron chi connectivity index (χ4n) is 0.541. The Hall–Kier alpha value is -0.180. The van der Waals surface area contributed by atoms with Crippen LogP contribution >= 0.6 is 12.6 Å². The van der Waals surface area contributed by atoms with Crippen molar-refractivity contribution in [1.29, 1.82) is 0 Å². The van der Waals surface area contributed by atoms with Gasteiger partial charge in [-0.15, -0.1) is 0 Å². The largest absolute Gasteiger partial charge is 0.462 e. The van der Waals surface area contributed by atoms with Gasteiger partial charge in [0, 0.05) is 5.75 Å². The average molecular weight is 160 g/mol. The Morgan fingerprint density at radius 1 is 1.80 bits per heavy atom. The van der Waals surface area contributed by atoms with Crippen molar-refractivity contribution in [2.45, 2.75) is 25.9 Å². The number of ether oxygens (including phenoxy) is 1. The van der Waals surface area contributed by atoms with Crippen molar-refractivity contribution in [1.82, 2.24) is 0 Å². The molecule has 0 aromatic rings. The summed E-state index contributed by atoms with van der Waals surface area (Å²) in [7, 11) is 0. The third-order valence-corrected chi connectivity index (χ3v) is 2.03. The second kappa shape index (κ2) is 3.28. The van der Waals surface area contributed by atoms with Gasteiger partial charge in [0.15, 0.2) is 0 Å². The van der Waals surface area contributed by atoms with Crippen LogP contribution in [0.5, 0.6) is 0 Å². The highest BCUT2D eigenvalue weighted by atomic mass is 32.1. The molecule has 1 fully saturated rings. The Balaban J connectivity index is 2.18. The molecule has 0 bridgehead atoms. The zero-order chi connectivity index (χ0) is 7.56. The number of thiol groups is 1. The van der Waals surface area contributed by atoms with E-state index in [0.29, 0.717) is 5.75 Å². The smallest absolute Gasteiger partial charge is 0.309 e. The van der Waals surface area contributed by atoms with E-state index < -0.39 is 0 Å². The van der Waals surface area contributed by atoms with Gasteiger partial charge in [0.2, 0.25) is 0 Å². The molecule has 58 valence electrons. The molecule has 1 rings (SSSR count). The van der Waals surface area contributed by atoms with Crippen LogP contribution in [0.4, 0.5) is 0 Å². The van der Waals surface area contributed by atoms with Gasteiger partial charge in [0.25, 0.3) is 0 Å². The molecule has 0 spiro atoms. The molecule has 1 saturated carbocycles. The van der Waals surface area contributed by atoms with Crippen LogP contribution in [0.1, 0.15) is 19.8 Å². The molecule has 0 saturated heterocycles. The Morgan fingerprint density at radius 2 is 2.40 bits per heavy atom. The molecule has 1 aliphatic rings. The fraction of sp³-hybridized carbons (Fsp3) is 0.857. The van der Waals surface area contributed by atoms with Gasteiger partial charge in [-0.1, -0.05) is 6.92 Å². The van der Waals surface area contributed by atoms with Crippen LogP contribution in [0.3, 0.4) is 0 Å². The van der Waals surface area contributed by atoms with E-state index in [1.54, 1.807) is 0 Å². The lowest BCUT2D eigenvalue weighted by molar-refractivity contribution is -0.148. The molecule has 10 heavy (non-hydrogen) atoms. The number of rotatable bonds is 3. The summed E-state index contributed by atoms with van der Waals surface area (Å²) >= 11 is 4.00. The molecule has 1 atom stereocenters. The van der Waals surface area contributed by atoms with Crippen LogP contribution in [0.2, 0.25) is 0 Å². The van der Waals surface area contributed by atoms with Crippen LogP contribution in [0, 0.1) is 5.92 Å². The predicted molar refractivity (Wildman–Crippen MR) is 42.1 cm³/mol. The van der Waals surface area contributed by atoms with Crippen molar-refractivity contribution >= 4 is 18.6 Å². The first kappa shape index (κ1) is 7.92. The normalized spacial score (nSPS) is 20.2. The first-order valence-electron chi connectivity index (χ1n) is 3.55. The molecular formula is C7H12O2S. The summed E-state index contributed by atoms with van der Waals surface area (Å²) in [4.78, 5) is 11.0. The summed E-state index contributed by atoms with van der Waals surface area (Å²) < 4.78 is 5.03. The molecule has 0 N–H and O–H groups in total. The summed E-state index contributed by atoms with van der Waals surface area (Å²) in [5, 5.41) is 0. The Bertz CT molecular complexity index is 132. The monoisotopic (exact) mass is 160 g/mol. The number of carbonyl (C=O) groups is 1. The van der Waals surface area contributed by atoms with Gasteiger partial charge in [0.1, 0.15) is 6.10 Å². The molecule has 0 aliphatic heterocycles. The Labute approximate surface area is 66.4 Å². The van der Waals surface area contributed by atoms with E-state index in [1.165, 1.54) is 0 Å². The molecule has 0 heterocycles. The molecule has 1 unspecified atom stereocenters. The van der Waals surface area contributed by atoms with E-state index in [0.717, 1.165) is 12.8 Å². The van der Waals surface area contributed by atoms with E-state index in [2.05, 4.69) is 12.6 Å². The minimum atomic E-state index is -0.0995. The summed E-state index contributed by atoms with van der Waals surface area (Å²) in [6.07, 6.45) is 2.32. The standard InChI is InChI=1S/C7H12O2S/c1-5(4-10)7(8)9-6-2-3-6/h5-6,10H,2-4H2,1H3. The van der Waals surface area contributed by atoms with Gasteiger partial charge in [-0.25, -0.2) is 0 Å². The highest BCUT2D eigenvalue weighted by Gasteiger charge is 2.27. The van der Waals surface area contributed by atoms with Crippen molar-refractivity contribution in [2.24, 2.45) is 5.92 Å². The van der Waals surface area contributed by atoms with E-state index in [-0.39, 0.29) is 18.0 Å². The van der Waals surface area contributed by atoms with Gasteiger partial charge in [0.05, 0.1) is 5.92 Å². The van der Waals surface area contributed by atoms with Crippen molar-refractivity contribution in [3.05, 3.63) is 0 Å². The maximum absolute atomic E-state index is 11.0. The molecule has 2 nitrogen and oxygen atoms in total. The lowest BCUT2D eigenvalue weighted by atomic mass is 10.2. The first-order valence-corrected chi connectivity index (χ1v) is 4.18. The number of hydrogen-bond acceptors (Lipinski definition) is 3. The zero-order valence-corrected chi connectivity index (χ0v) is 6.93. The number of hydrogen-bond donors (Lipinski definition) is 1. The van der Waals surface area contributed by atoms with E-state index in [1.807, 2.05) is 6.92 Å². The summed E-state index contributed by atoms with van der Waals surface area (Å²) in [6, 6.07) is 0. The summed E-state index contributed by atoms with van der Waals surface area (Å²) in [5.41, 5.74) is 0. The van der Waals surface area contributed by atoms with Gasteiger partial charge in [-0.2, -0.15) is 12.6 Å². The highest BCUT2D eigenvalue weighted by molar-refractivity contribution is 7.80. The van der Waals surface area contributed by atoms with Crippen molar-refractivity contribution < 1.29 is 9.53 Å². The first-order chi connectivity index (χ1) is 4.74. The fourth-order valence-corrected chi connectivity index (χ4v) is 0.690. The van der Waals surface area contributed by atoms with Crippen molar-refractivity contribution in [3.8, 4) is 0 Å². The van der Waals surface area contributed by atoms with Gasteiger partial charge < -0.3 is 4.74 Å². The van der Waals surface area contributed by atoms with E-state index in [9.17, 15) is 4.79 Å². The van der Waals surface area contributed by atoms with Gasteiger partial charge >= 0.3 is 5.97 Å². The highest BCUT2D eigenvalue weighted by Crippen LogP contribution is 2.24. The van der Waals surface area contributed by atoms with Crippen LogP contribution in [0.15, 0.2) is 0 Å². The zero-order valence-electron chi connectivity index (χ0n) is 6.04. The SMILES string of the molecule is CC(CS)C(=O)OC1CC1. The van der Waals surface area contributed by atoms with E-state index in [4.69, 9.17) is 4.74 Å². The van der Waals surface area contributed by atoms with Gasteiger partial charge in [-0.05, 0) is 12.8 Å². The van der Waals surface area contributed by atoms with Crippen LogP contribution < -0.4 is 0 Å². The molecule has 0 radical (unpaired) electrons. The lowest BCUT2D eigenvalue weighted by Gasteiger charge is -2.06. The molecule has 1 aliphatic carbocycles. The lowest BCUT2D eigenvalue weighted by Crippen LogP contribution is -2.16. The number of esters is 1. The minimum absolute atomic E-state index is 0.0519. The third-order valence-electron chi connectivity index (χ3n) is 1.48. The quantitative estimate of drug-likeness (QED) is 0.497. The van der Waals surface area contributed by atoms with E-state index >= 15 is 0 Å². The Morgan fingerprint density at radius 3 is 2.80 bits per heavy atom. The van der Waals surface area contributed by atoms with Gasteiger partial charge in [-0.3, -0.25) is 4.79 Å². The molecule has 0 aromatic heterocycles. The van der Waals surface area contributed by atoms with Crippen molar-refractivity contribution in [2.75, 3.05) is 5.75 Å². The topological polar surface area (TPSA) is 26.3 Å². The maximum atomic E-state index is 11.0. The molecule has 0 aromatic carbocycles. The minimum Gasteiger partial charge on any atom is -0.462 e. The van der Waals surface area contributed by atoms with Crippen LogP contribution in [-0.2, 0) is 9.53 Å².